The highest BCUT2D eigenvalue weighted by atomic mass is 31.2. The Kier molecular flexibility index (Phi) is 1.15. The molecule has 62 valence electrons. The van der Waals surface area contributed by atoms with Crippen LogP contribution in [0.3, 0.4) is 0 Å². The first-order valence-corrected chi connectivity index (χ1v) is 4.06. The third-order valence-corrected chi connectivity index (χ3v) is 2.64. The van der Waals surface area contributed by atoms with Gasteiger partial charge in [-0.15, -0.1) is 0 Å². The predicted octanol–water partition coefficient (Wildman–Crippen LogP) is -1.29. The Labute approximate surface area is 60.1 Å². The first-order valence-electron chi connectivity index (χ1n) is 2.60. The zero-order valence-corrected chi connectivity index (χ0v) is 5.85. The summed E-state index contributed by atoms with van der Waals surface area (Å²) >= 11 is 0. The molecule has 0 amide bonds. The van der Waals surface area contributed by atoms with Gasteiger partial charge >= 0.3 is 13.8 Å². The Morgan fingerprint density at radius 1 is 1.55 bits per heavy atom. The van der Waals surface area contributed by atoms with Crippen LogP contribution in [-0.4, -0.2) is 28.3 Å². The fourth-order valence-electron chi connectivity index (χ4n) is 0.769. The van der Waals surface area contributed by atoms with Crippen LogP contribution in [0.25, 0.3) is 0 Å². The van der Waals surface area contributed by atoms with Crippen molar-refractivity contribution < 1.29 is 33.1 Å². The number of aliphatic hydroxyl groups is 2. The zero-order chi connectivity index (χ0) is 8.28. The molecular formula is C3H3O7P. The maximum absolute atomic E-state index is 10.7. The second-order valence-electron chi connectivity index (χ2n) is 2.03. The molecule has 3 aliphatic rings. The number of carbonyl (C=O) groups excluding carboxylic acids is 1. The van der Waals surface area contributed by atoms with Crippen molar-refractivity contribution in [3.8, 4) is 0 Å². The van der Waals surface area contributed by atoms with Crippen molar-refractivity contribution in [1.82, 2.24) is 0 Å². The minimum atomic E-state index is -3.82. The van der Waals surface area contributed by atoms with Gasteiger partial charge in [0, 0.05) is 0 Å². The number of rotatable bonds is 0. The van der Waals surface area contributed by atoms with Crippen molar-refractivity contribution in [3.05, 3.63) is 0 Å². The topological polar surface area (TPSA) is 102 Å². The number of phosphoric ester groups is 1. The molecule has 0 radical (unpaired) electrons. The molecule has 3 saturated heterocycles. The Morgan fingerprint density at radius 2 is 2.09 bits per heavy atom. The van der Waals surface area contributed by atoms with Crippen LogP contribution in [0.5, 0.6) is 0 Å². The lowest BCUT2D eigenvalue weighted by Gasteiger charge is -2.44. The van der Waals surface area contributed by atoms with Crippen LogP contribution in [-0.2, 0) is 22.9 Å². The van der Waals surface area contributed by atoms with E-state index >= 15 is 0 Å². The number of carbonyl (C=O) groups is 1. The summed E-state index contributed by atoms with van der Waals surface area (Å²) < 4.78 is 23.0. The van der Waals surface area contributed by atoms with Gasteiger partial charge in [-0.05, 0) is 0 Å². The van der Waals surface area contributed by atoms with Gasteiger partial charge < -0.3 is 10.2 Å². The second-order valence-corrected chi connectivity index (χ2v) is 3.50. The molecule has 1 atom stereocenters. The SMILES string of the molecule is O=C1C(O)OP2(=O)OC1(O)O2. The van der Waals surface area contributed by atoms with Crippen molar-refractivity contribution >= 4 is 13.6 Å². The Morgan fingerprint density at radius 3 is 2.55 bits per heavy atom. The highest BCUT2D eigenvalue weighted by Crippen LogP contribution is 2.68. The smallest absolute Gasteiger partial charge is 0.361 e. The largest absolute Gasteiger partial charge is 0.487 e. The van der Waals surface area contributed by atoms with Gasteiger partial charge in [-0.1, -0.05) is 0 Å². The van der Waals surface area contributed by atoms with E-state index in [1.165, 1.54) is 0 Å². The van der Waals surface area contributed by atoms with Crippen LogP contribution in [0, 0.1) is 0 Å². The monoisotopic (exact) mass is 182 g/mol. The highest BCUT2D eigenvalue weighted by Gasteiger charge is 2.69. The van der Waals surface area contributed by atoms with Crippen LogP contribution in [0.2, 0.25) is 0 Å². The number of hydrogen-bond donors (Lipinski definition) is 2. The van der Waals surface area contributed by atoms with E-state index in [4.69, 9.17) is 10.2 Å². The van der Waals surface area contributed by atoms with Gasteiger partial charge in [-0.2, -0.15) is 0 Å². The predicted molar refractivity (Wildman–Crippen MR) is 26.8 cm³/mol. The van der Waals surface area contributed by atoms with Crippen LogP contribution in [0.4, 0.5) is 0 Å². The molecule has 0 saturated carbocycles. The fourth-order valence-corrected chi connectivity index (χ4v) is 2.00. The molecule has 0 aromatic rings. The summed E-state index contributed by atoms with van der Waals surface area (Å²) in [6.07, 6.45) is -1.94. The number of hydrogen-bond acceptors (Lipinski definition) is 7. The van der Waals surface area contributed by atoms with Crippen LogP contribution in [0.1, 0.15) is 0 Å². The molecule has 2 N–H and O–H groups in total. The van der Waals surface area contributed by atoms with Crippen molar-refractivity contribution in [2.45, 2.75) is 12.3 Å². The van der Waals surface area contributed by atoms with Crippen molar-refractivity contribution in [2.75, 3.05) is 0 Å². The Bertz CT molecular complexity index is 253. The van der Waals surface area contributed by atoms with Crippen LogP contribution < -0.4 is 0 Å². The third kappa shape index (κ3) is 0.807. The first kappa shape index (κ1) is 7.35. The lowest BCUT2D eigenvalue weighted by atomic mass is 10.3. The number of phosphoric acid groups is 1. The van der Waals surface area contributed by atoms with Crippen molar-refractivity contribution in [1.29, 1.82) is 0 Å². The van der Waals surface area contributed by atoms with Gasteiger partial charge in [0.2, 0.25) is 6.29 Å². The number of aliphatic hydroxyl groups excluding tert-OH is 1. The van der Waals surface area contributed by atoms with E-state index in [0.29, 0.717) is 0 Å². The van der Waals surface area contributed by atoms with Crippen LogP contribution in [0.15, 0.2) is 0 Å². The number of fused-ring (bicyclic) bond motifs is 2. The molecule has 3 aliphatic heterocycles. The van der Waals surface area contributed by atoms with E-state index in [1.54, 1.807) is 0 Å². The third-order valence-electron chi connectivity index (χ3n) is 1.24. The molecule has 3 heterocycles. The van der Waals surface area contributed by atoms with Gasteiger partial charge in [-0.25, -0.2) is 18.1 Å². The van der Waals surface area contributed by atoms with Gasteiger partial charge in [0.25, 0.3) is 5.78 Å². The maximum Gasteiger partial charge on any atom is 0.487 e. The molecule has 0 aliphatic carbocycles. The molecule has 2 bridgehead atoms. The Hall–Kier alpha value is -0.300. The molecule has 0 spiro atoms. The lowest BCUT2D eigenvalue weighted by Crippen LogP contribution is -2.59. The molecule has 3 fully saturated rings. The van der Waals surface area contributed by atoms with Gasteiger partial charge in [-0.3, -0.25) is 4.79 Å². The van der Waals surface area contributed by atoms with E-state index in [0.717, 1.165) is 0 Å². The Balaban J connectivity index is 2.33. The number of Topliss-reactive ketones (excluding diaryl/α,β-unsaturated/α-hetero) is 1. The summed E-state index contributed by atoms with van der Waals surface area (Å²) in [6.45, 7) is 0. The molecule has 11 heavy (non-hydrogen) atoms. The van der Waals surface area contributed by atoms with Crippen molar-refractivity contribution in [2.24, 2.45) is 0 Å². The minimum Gasteiger partial charge on any atom is -0.361 e. The second kappa shape index (κ2) is 1.71. The zero-order valence-electron chi connectivity index (χ0n) is 4.96. The summed E-state index contributed by atoms with van der Waals surface area (Å²) in [5.74, 6) is -3.78. The standard InChI is InChI=1S/C3H3O7P/c4-1-2(5)8-11(7)9-3(1,6)10-11/h2,5-6H. The van der Waals surface area contributed by atoms with Gasteiger partial charge in [0.05, 0.1) is 0 Å². The van der Waals surface area contributed by atoms with E-state index < -0.39 is 25.9 Å². The molecule has 0 aromatic carbocycles. The van der Waals surface area contributed by atoms with Crippen LogP contribution >= 0.6 is 7.82 Å². The lowest BCUT2D eigenvalue weighted by molar-refractivity contribution is -0.351. The van der Waals surface area contributed by atoms with Crippen molar-refractivity contribution in [3.63, 3.8) is 0 Å². The van der Waals surface area contributed by atoms with E-state index in [9.17, 15) is 9.36 Å². The van der Waals surface area contributed by atoms with E-state index in [1.807, 2.05) is 0 Å². The van der Waals surface area contributed by atoms with E-state index in [-0.39, 0.29) is 0 Å². The summed E-state index contributed by atoms with van der Waals surface area (Å²) in [5.41, 5.74) is 0. The fraction of sp³-hybridized carbons (Fsp3) is 0.667. The quantitative estimate of drug-likeness (QED) is 0.449. The average molecular weight is 182 g/mol. The molecule has 8 heteroatoms. The molecular weight excluding hydrogens is 179 g/mol. The first-order chi connectivity index (χ1) is 4.95. The summed E-state index contributed by atoms with van der Waals surface area (Å²) in [5, 5.41) is 17.5. The number of ketones is 1. The molecule has 3 rings (SSSR count). The molecule has 1 unspecified atom stereocenters. The summed E-state index contributed by atoms with van der Waals surface area (Å²) in [6, 6.07) is 0. The molecule has 0 aromatic heterocycles. The molecule has 7 nitrogen and oxygen atoms in total. The normalized spacial score (nSPS) is 55.5. The maximum atomic E-state index is 10.7. The highest BCUT2D eigenvalue weighted by molar-refractivity contribution is 7.50. The summed E-state index contributed by atoms with van der Waals surface area (Å²) in [4.78, 5) is 10.6. The van der Waals surface area contributed by atoms with E-state index in [2.05, 4.69) is 13.6 Å². The average Bonchev–Trinajstić information content (AvgIpc) is 1.78. The summed E-state index contributed by atoms with van der Waals surface area (Å²) in [7, 11) is -3.82. The van der Waals surface area contributed by atoms with Gasteiger partial charge in [0.1, 0.15) is 0 Å². The minimum absolute atomic E-state index is 1.21. The van der Waals surface area contributed by atoms with Gasteiger partial charge in [0.15, 0.2) is 0 Å².